The number of unbranched alkanes of at least 4 members (excludes halogenated alkanes) is 3. The molecule has 0 aliphatic rings. The van der Waals surface area contributed by atoms with Crippen LogP contribution in [0.25, 0.3) is 0 Å². The summed E-state index contributed by atoms with van der Waals surface area (Å²) < 4.78 is 0. The zero-order valence-electron chi connectivity index (χ0n) is 8.68. The summed E-state index contributed by atoms with van der Waals surface area (Å²) in [6.45, 7) is 4.10. The normalized spacial score (nSPS) is 11.8. The van der Waals surface area contributed by atoms with Crippen LogP contribution in [0.3, 0.4) is 0 Å². The Morgan fingerprint density at radius 1 is 1.23 bits per heavy atom. The van der Waals surface area contributed by atoms with Crippen LogP contribution in [0.5, 0.6) is 0 Å². The van der Waals surface area contributed by atoms with Crippen LogP contribution in [-0.2, 0) is 4.79 Å². The number of aliphatic carboxylic acids is 1. The van der Waals surface area contributed by atoms with Gasteiger partial charge in [0.1, 0.15) is 0 Å². The average Bonchev–Trinajstić information content (AvgIpc) is 2.04. The van der Waals surface area contributed by atoms with Crippen LogP contribution in [0.2, 0.25) is 0 Å². The summed E-state index contributed by atoms with van der Waals surface area (Å²) in [5.74, 6) is -0.740. The van der Waals surface area contributed by atoms with Gasteiger partial charge < -0.3 is 5.11 Å². The molecule has 0 aromatic heterocycles. The van der Waals surface area contributed by atoms with E-state index in [-0.39, 0.29) is 46.8 Å². The van der Waals surface area contributed by atoms with E-state index in [9.17, 15) is 4.79 Å². The molecule has 0 spiro atoms. The van der Waals surface area contributed by atoms with Crippen molar-refractivity contribution >= 4 is 5.97 Å². The predicted molar refractivity (Wildman–Crippen MR) is 50.2 cm³/mol. The molecule has 0 saturated carbocycles. The third-order valence-electron chi connectivity index (χ3n) is 2.25. The Bertz CT molecular complexity index is 126. The molecule has 1 unspecified atom stereocenters. The Morgan fingerprint density at radius 2 is 1.85 bits per heavy atom. The van der Waals surface area contributed by atoms with Gasteiger partial charge >= 0.3 is 5.97 Å². The van der Waals surface area contributed by atoms with Crippen molar-refractivity contribution in [1.82, 2.24) is 0 Å². The summed E-state index contributed by atoms with van der Waals surface area (Å²) in [5.41, 5.74) is 0. The van der Waals surface area contributed by atoms with Crippen LogP contribution < -0.4 is 0 Å². The number of hydrogen-bond donors (Lipinski definition) is 1. The summed E-state index contributed by atoms with van der Waals surface area (Å²) in [7, 11) is 0. The van der Waals surface area contributed by atoms with E-state index >= 15 is 0 Å². The van der Waals surface area contributed by atoms with Crippen molar-refractivity contribution < 1.29 is 50.7 Å². The van der Waals surface area contributed by atoms with Crippen LogP contribution in [0.15, 0.2) is 0 Å². The number of rotatable bonds is 7. The van der Waals surface area contributed by atoms with E-state index in [0.717, 1.165) is 19.3 Å². The molecule has 0 bridgehead atoms. The summed E-state index contributed by atoms with van der Waals surface area (Å²) in [6.07, 6.45) is 6.31. The Balaban J connectivity index is 0. The summed E-state index contributed by atoms with van der Waals surface area (Å²) in [6, 6.07) is 0. The van der Waals surface area contributed by atoms with Gasteiger partial charge in [-0.15, -0.1) is 0 Å². The second-order valence-electron chi connectivity index (χ2n) is 3.29. The van der Waals surface area contributed by atoms with Gasteiger partial charge in [-0.3, -0.25) is 4.79 Å². The quantitative estimate of drug-likeness (QED) is 0.733. The Morgan fingerprint density at radius 3 is 2.23 bits per heavy atom. The van der Waals surface area contributed by atoms with Crippen molar-refractivity contribution in [3.63, 3.8) is 0 Å². The maximum Gasteiger partial charge on any atom is 0.306 e. The number of carboxylic acid groups (broad SMARTS) is 1. The van der Waals surface area contributed by atoms with E-state index in [0.29, 0.717) is 0 Å². The van der Waals surface area contributed by atoms with Gasteiger partial charge in [0.05, 0.1) is 5.92 Å². The fourth-order valence-electron chi connectivity index (χ4n) is 1.32. The molecule has 76 valence electrons. The molecule has 0 radical (unpaired) electrons. The molecular weight excluding hydrogens is 296 g/mol. The summed E-state index contributed by atoms with van der Waals surface area (Å²) in [4.78, 5) is 10.6. The smallest absolute Gasteiger partial charge is 0.306 e. The molecule has 1 N–H and O–H groups in total. The van der Waals surface area contributed by atoms with E-state index < -0.39 is 5.97 Å². The van der Waals surface area contributed by atoms with Crippen LogP contribution in [0.4, 0.5) is 0 Å². The molecule has 0 aromatic rings. The van der Waals surface area contributed by atoms with Crippen molar-refractivity contribution in [2.45, 2.75) is 52.4 Å². The summed E-state index contributed by atoms with van der Waals surface area (Å²) in [5, 5.41) is 8.73. The topological polar surface area (TPSA) is 37.3 Å². The second kappa shape index (κ2) is 10.9. The first-order valence-corrected chi connectivity index (χ1v) is 4.95. The van der Waals surface area contributed by atoms with Gasteiger partial charge in [-0.05, 0) is 12.8 Å². The van der Waals surface area contributed by atoms with Crippen molar-refractivity contribution in [2.24, 2.45) is 5.92 Å². The predicted octanol–water partition coefficient (Wildman–Crippen LogP) is 3.07. The molecule has 1 atom stereocenters. The maximum atomic E-state index is 10.6. The van der Waals surface area contributed by atoms with Crippen molar-refractivity contribution in [3.8, 4) is 0 Å². The van der Waals surface area contributed by atoms with Crippen LogP contribution in [-0.4, -0.2) is 11.1 Å². The minimum atomic E-state index is -0.631. The van der Waals surface area contributed by atoms with Gasteiger partial charge in [0, 0.05) is 40.8 Å². The van der Waals surface area contributed by atoms with Crippen LogP contribution in [0.1, 0.15) is 52.4 Å². The van der Waals surface area contributed by atoms with Gasteiger partial charge in [-0.2, -0.15) is 0 Å². The SMILES string of the molecule is CCCCCCC(CC)C(=O)O.[Nd]. The van der Waals surface area contributed by atoms with Crippen molar-refractivity contribution in [2.75, 3.05) is 0 Å². The monoisotopic (exact) mass is 314 g/mol. The first-order chi connectivity index (χ1) is 5.72. The van der Waals surface area contributed by atoms with E-state index in [1.807, 2.05) is 6.92 Å². The van der Waals surface area contributed by atoms with Gasteiger partial charge in [0.15, 0.2) is 0 Å². The van der Waals surface area contributed by atoms with Gasteiger partial charge in [-0.1, -0.05) is 39.5 Å². The zero-order chi connectivity index (χ0) is 9.40. The zero-order valence-corrected chi connectivity index (χ0v) is 11.9. The largest absolute Gasteiger partial charge is 0.481 e. The fourth-order valence-corrected chi connectivity index (χ4v) is 1.32. The summed E-state index contributed by atoms with van der Waals surface area (Å²) >= 11 is 0. The molecule has 0 aromatic carbocycles. The first-order valence-electron chi connectivity index (χ1n) is 4.95. The van der Waals surface area contributed by atoms with E-state index in [1.165, 1.54) is 19.3 Å². The van der Waals surface area contributed by atoms with E-state index in [2.05, 4.69) is 6.92 Å². The molecular formula is C10H20NdO2. The van der Waals surface area contributed by atoms with E-state index in [1.54, 1.807) is 0 Å². The molecule has 0 heterocycles. The molecule has 0 aliphatic carbocycles. The standard InChI is InChI=1S/C10H20O2.Nd/c1-3-5-6-7-8-9(4-2)10(11)12;/h9H,3-8H2,1-2H3,(H,11,12);. The minimum Gasteiger partial charge on any atom is -0.481 e. The Hall–Kier alpha value is 0.821. The Kier molecular flexibility index (Phi) is 13.6. The molecule has 0 saturated heterocycles. The van der Waals surface area contributed by atoms with Gasteiger partial charge in [-0.25, -0.2) is 0 Å². The fraction of sp³-hybridized carbons (Fsp3) is 0.900. The molecule has 13 heavy (non-hydrogen) atoms. The number of carboxylic acids is 1. The third-order valence-corrected chi connectivity index (χ3v) is 2.25. The van der Waals surface area contributed by atoms with Crippen LogP contribution >= 0.6 is 0 Å². The third kappa shape index (κ3) is 9.13. The number of hydrogen-bond acceptors (Lipinski definition) is 1. The average molecular weight is 317 g/mol. The minimum absolute atomic E-state index is 0. The molecule has 3 heteroatoms. The second-order valence-corrected chi connectivity index (χ2v) is 3.29. The maximum absolute atomic E-state index is 10.6. The Labute approximate surface area is 114 Å². The molecule has 0 aliphatic heterocycles. The molecule has 0 fully saturated rings. The molecule has 0 amide bonds. The van der Waals surface area contributed by atoms with Crippen LogP contribution in [0, 0.1) is 46.8 Å². The van der Waals surface area contributed by atoms with Gasteiger partial charge in [0.25, 0.3) is 0 Å². The number of carbonyl (C=O) groups is 1. The van der Waals surface area contributed by atoms with Gasteiger partial charge in [0.2, 0.25) is 0 Å². The molecule has 2 nitrogen and oxygen atoms in total. The van der Waals surface area contributed by atoms with Crippen molar-refractivity contribution in [3.05, 3.63) is 0 Å². The van der Waals surface area contributed by atoms with E-state index in [4.69, 9.17) is 5.11 Å². The molecule has 0 rings (SSSR count). The van der Waals surface area contributed by atoms with Crippen molar-refractivity contribution in [1.29, 1.82) is 0 Å². The first kappa shape index (κ1) is 16.3.